The lowest BCUT2D eigenvalue weighted by Crippen LogP contribution is -1.95. The Morgan fingerprint density at radius 3 is 2.43 bits per heavy atom. The molecule has 0 bridgehead atoms. The lowest BCUT2D eigenvalue weighted by molar-refractivity contribution is 0.475. The Morgan fingerprint density at radius 2 is 1.71 bits per heavy atom. The molecule has 0 amide bonds. The van der Waals surface area contributed by atoms with E-state index in [9.17, 15) is 5.11 Å². The van der Waals surface area contributed by atoms with Crippen LogP contribution < -0.4 is 5.32 Å². The molecule has 3 aromatic rings. The van der Waals surface area contributed by atoms with Crippen LogP contribution in [0.25, 0.3) is 10.9 Å². The predicted molar refractivity (Wildman–Crippen MR) is 89.9 cm³/mol. The van der Waals surface area contributed by atoms with Crippen molar-refractivity contribution in [3.8, 4) is 5.75 Å². The summed E-state index contributed by atoms with van der Waals surface area (Å²) >= 11 is 0. The molecule has 1 aromatic heterocycles. The normalized spacial score (nSPS) is 10.2. The lowest BCUT2D eigenvalue weighted by atomic mass is 10.1. The van der Waals surface area contributed by atoms with Gasteiger partial charge < -0.3 is 10.4 Å². The van der Waals surface area contributed by atoms with Gasteiger partial charge in [-0.2, -0.15) is 0 Å². The first-order chi connectivity index (χ1) is 9.63. The third-order valence-corrected chi connectivity index (χ3v) is 3.32. The molecule has 1 heterocycles. The molecule has 2 N–H and O–H groups in total. The van der Waals surface area contributed by atoms with Crippen LogP contribution in [0.3, 0.4) is 0 Å². The van der Waals surface area contributed by atoms with E-state index in [0.717, 1.165) is 28.0 Å². The highest BCUT2D eigenvalue weighted by Crippen LogP contribution is 2.28. The van der Waals surface area contributed by atoms with Gasteiger partial charge in [0.25, 0.3) is 0 Å². The van der Waals surface area contributed by atoms with Gasteiger partial charge in [0.2, 0.25) is 0 Å². The van der Waals surface area contributed by atoms with Gasteiger partial charge >= 0.3 is 0 Å². The summed E-state index contributed by atoms with van der Waals surface area (Å²) in [6.07, 6.45) is 0. The maximum absolute atomic E-state index is 9.34. The van der Waals surface area contributed by atoms with E-state index in [4.69, 9.17) is 0 Å². The maximum Gasteiger partial charge on any atom is 0.115 e. The monoisotopic (exact) mass is 300 g/mol. The minimum atomic E-state index is 0. The number of aromatic nitrogens is 1. The number of hydrogen-bond acceptors (Lipinski definition) is 3. The number of hydrogen-bond donors (Lipinski definition) is 2. The Morgan fingerprint density at radius 1 is 1.00 bits per heavy atom. The van der Waals surface area contributed by atoms with Crippen molar-refractivity contribution in [3.63, 3.8) is 0 Å². The van der Waals surface area contributed by atoms with Crippen LogP contribution in [0.5, 0.6) is 5.75 Å². The number of aromatic hydroxyl groups is 1. The van der Waals surface area contributed by atoms with E-state index in [1.54, 1.807) is 12.1 Å². The van der Waals surface area contributed by atoms with Crippen molar-refractivity contribution in [2.24, 2.45) is 0 Å². The minimum Gasteiger partial charge on any atom is -0.508 e. The van der Waals surface area contributed by atoms with Gasteiger partial charge in [0.1, 0.15) is 5.75 Å². The smallest absolute Gasteiger partial charge is 0.115 e. The number of pyridine rings is 1. The van der Waals surface area contributed by atoms with E-state index in [2.05, 4.69) is 29.4 Å². The molecule has 0 saturated heterocycles. The Balaban J connectivity index is 0.00000161. The Hall–Kier alpha value is -2.26. The van der Waals surface area contributed by atoms with Crippen molar-refractivity contribution in [2.75, 3.05) is 5.32 Å². The highest BCUT2D eigenvalue weighted by atomic mass is 35.5. The van der Waals surface area contributed by atoms with Crippen LogP contribution >= 0.6 is 12.4 Å². The zero-order chi connectivity index (χ0) is 14.1. The number of benzene rings is 2. The number of fused-ring (bicyclic) bond motifs is 1. The Labute approximate surface area is 130 Å². The van der Waals surface area contributed by atoms with E-state index >= 15 is 0 Å². The number of phenols is 1. The number of anilines is 2. The summed E-state index contributed by atoms with van der Waals surface area (Å²) in [6, 6.07) is 15.3. The van der Waals surface area contributed by atoms with E-state index < -0.39 is 0 Å². The largest absolute Gasteiger partial charge is 0.508 e. The van der Waals surface area contributed by atoms with Crippen molar-refractivity contribution < 1.29 is 5.11 Å². The Bertz CT molecular complexity index is 770. The number of aryl methyl sites for hydroxylation is 2. The third kappa shape index (κ3) is 3.09. The zero-order valence-electron chi connectivity index (χ0n) is 11.9. The van der Waals surface area contributed by atoms with E-state index in [1.807, 2.05) is 31.2 Å². The fourth-order valence-corrected chi connectivity index (χ4v) is 2.32. The molecule has 0 aliphatic heterocycles. The molecule has 0 saturated carbocycles. The summed E-state index contributed by atoms with van der Waals surface area (Å²) in [5.41, 5.74) is 5.14. The van der Waals surface area contributed by atoms with Crippen LogP contribution in [0, 0.1) is 13.8 Å². The first kappa shape index (κ1) is 15.1. The molecule has 0 spiro atoms. The molecule has 0 aliphatic carbocycles. The summed E-state index contributed by atoms with van der Waals surface area (Å²) < 4.78 is 0. The van der Waals surface area contributed by atoms with Crippen LogP contribution in [0.2, 0.25) is 0 Å². The molecule has 0 unspecified atom stereocenters. The standard InChI is InChI=1S/C17H16N2O.ClH/c1-11-4-3-5-15-16(10-12(2)18-17(11)15)19-13-6-8-14(20)9-7-13;/h3-10,20H,1-2H3,(H,18,19);1H. The molecule has 0 atom stereocenters. The number of rotatable bonds is 2. The molecule has 21 heavy (non-hydrogen) atoms. The van der Waals surface area contributed by atoms with Crippen molar-refractivity contribution in [3.05, 3.63) is 59.8 Å². The first-order valence-electron chi connectivity index (χ1n) is 6.56. The average Bonchev–Trinajstić information content (AvgIpc) is 2.42. The number of phenolic OH excluding ortho intramolecular Hbond substituents is 1. The van der Waals surface area contributed by atoms with Crippen LogP contribution in [0.1, 0.15) is 11.3 Å². The van der Waals surface area contributed by atoms with E-state index in [1.165, 1.54) is 5.56 Å². The van der Waals surface area contributed by atoms with Crippen molar-refractivity contribution >= 4 is 34.7 Å². The second-order valence-electron chi connectivity index (χ2n) is 4.95. The molecule has 2 aromatic carbocycles. The van der Waals surface area contributed by atoms with Gasteiger partial charge in [-0.3, -0.25) is 4.98 Å². The molecule has 3 rings (SSSR count). The summed E-state index contributed by atoms with van der Waals surface area (Å²) in [7, 11) is 0. The van der Waals surface area contributed by atoms with Gasteiger partial charge in [0.05, 0.1) is 5.52 Å². The van der Waals surface area contributed by atoms with Crippen LogP contribution in [-0.2, 0) is 0 Å². The zero-order valence-corrected chi connectivity index (χ0v) is 12.7. The van der Waals surface area contributed by atoms with Crippen molar-refractivity contribution in [1.29, 1.82) is 0 Å². The second kappa shape index (κ2) is 6.02. The van der Waals surface area contributed by atoms with Gasteiger partial charge in [-0.05, 0) is 49.7 Å². The van der Waals surface area contributed by atoms with Gasteiger partial charge in [0.15, 0.2) is 0 Å². The molecule has 0 radical (unpaired) electrons. The highest BCUT2D eigenvalue weighted by molar-refractivity contribution is 5.94. The predicted octanol–water partition coefficient (Wildman–Crippen LogP) is 4.72. The molecule has 4 heteroatoms. The molecule has 0 aliphatic rings. The topological polar surface area (TPSA) is 45.1 Å². The summed E-state index contributed by atoms with van der Waals surface area (Å²) in [6.45, 7) is 4.06. The average molecular weight is 301 g/mol. The van der Waals surface area contributed by atoms with Gasteiger partial charge in [-0.25, -0.2) is 0 Å². The van der Waals surface area contributed by atoms with Crippen LogP contribution in [-0.4, -0.2) is 10.1 Å². The summed E-state index contributed by atoms with van der Waals surface area (Å²) in [5.74, 6) is 0.266. The molecule has 108 valence electrons. The third-order valence-electron chi connectivity index (χ3n) is 3.32. The number of nitrogens with zero attached hydrogens (tertiary/aromatic N) is 1. The van der Waals surface area contributed by atoms with Gasteiger partial charge in [0, 0.05) is 22.5 Å². The van der Waals surface area contributed by atoms with E-state index in [-0.39, 0.29) is 18.2 Å². The molecule has 3 nitrogen and oxygen atoms in total. The number of nitrogens with one attached hydrogen (secondary N) is 1. The fraction of sp³-hybridized carbons (Fsp3) is 0.118. The first-order valence-corrected chi connectivity index (χ1v) is 6.56. The van der Waals surface area contributed by atoms with Crippen LogP contribution in [0.15, 0.2) is 48.5 Å². The quantitative estimate of drug-likeness (QED) is 0.673. The maximum atomic E-state index is 9.34. The summed E-state index contributed by atoms with van der Waals surface area (Å²) in [4.78, 5) is 4.61. The van der Waals surface area contributed by atoms with Crippen LogP contribution in [0.4, 0.5) is 11.4 Å². The van der Waals surface area contributed by atoms with Gasteiger partial charge in [-0.1, -0.05) is 18.2 Å². The summed E-state index contributed by atoms with van der Waals surface area (Å²) in [5, 5.41) is 13.8. The minimum absolute atomic E-state index is 0. The number of halogens is 1. The van der Waals surface area contributed by atoms with Gasteiger partial charge in [-0.15, -0.1) is 12.4 Å². The highest BCUT2D eigenvalue weighted by Gasteiger charge is 2.06. The van der Waals surface area contributed by atoms with Crippen molar-refractivity contribution in [2.45, 2.75) is 13.8 Å². The lowest BCUT2D eigenvalue weighted by Gasteiger charge is -2.12. The molecular weight excluding hydrogens is 284 g/mol. The SMILES string of the molecule is Cc1cc(Nc2ccc(O)cc2)c2cccc(C)c2n1.Cl. The molecule has 0 fully saturated rings. The van der Waals surface area contributed by atoms with E-state index in [0.29, 0.717) is 0 Å². The fourth-order valence-electron chi connectivity index (χ4n) is 2.32. The molecular formula is C17H17ClN2O. The number of para-hydroxylation sites is 1. The Kier molecular flexibility index (Phi) is 4.34. The second-order valence-corrected chi connectivity index (χ2v) is 4.95. The van der Waals surface area contributed by atoms with Crippen molar-refractivity contribution in [1.82, 2.24) is 4.98 Å².